The first-order chi connectivity index (χ1) is 8.71. The van der Waals surface area contributed by atoms with Gasteiger partial charge < -0.3 is 5.32 Å². The molecule has 0 aromatic carbocycles. The minimum Gasteiger partial charge on any atom is -0.362 e. The van der Waals surface area contributed by atoms with Gasteiger partial charge in [0.1, 0.15) is 0 Å². The van der Waals surface area contributed by atoms with Gasteiger partial charge in [-0.3, -0.25) is 4.90 Å². The second kappa shape index (κ2) is 8.77. The van der Waals surface area contributed by atoms with Gasteiger partial charge in [-0.15, -0.1) is 11.3 Å². The lowest BCUT2D eigenvalue weighted by Gasteiger charge is -2.25. The summed E-state index contributed by atoms with van der Waals surface area (Å²) in [6.45, 7) is 6.44. The SMILES string of the molecule is CCCNc1ncc(CN(C)C(CC)CSC)s1. The highest BCUT2D eigenvalue weighted by Crippen LogP contribution is 2.21. The Balaban J connectivity index is 2.47. The molecule has 1 aromatic heterocycles. The minimum atomic E-state index is 0.661. The average molecular weight is 287 g/mol. The Bertz CT molecular complexity index is 328. The summed E-state index contributed by atoms with van der Waals surface area (Å²) in [5, 5.41) is 4.39. The molecule has 0 aliphatic rings. The zero-order chi connectivity index (χ0) is 13.4. The van der Waals surface area contributed by atoms with Gasteiger partial charge in [0.15, 0.2) is 5.13 Å². The Morgan fingerprint density at radius 1 is 1.50 bits per heavy atom. The average Bonchev–Trinajstić information content (AvgIpc) is 2.80. The summed E-state index contributed by atoms with van der Waals surface area (Å²) in [7, 11) is 2.21. The molecule has 18 heavy (non-hydrogen) atoms. The summed E-state index contributed by atoms with van der Waals surface area (Å²) in [6, 6.07) is 0.661. The normalized spacial score (nSPS) is 12.9. The van der Waals surface area contributed by atoms with E-state index in [0.717, 1.165) is 24.6 Å². The Morgan fingerprint density at radius 2 is 2.28 bits per heavy atom. The fourth-order valence-electron chi connectivity index (χ4n) is 1.82. The monoisotopic (exact) mass is 287 g/mol. The maximum absolute atomic E-state index is 4.41. The Morgan fingerprint density at radius 3 is 2.89 bits per heavy atom. The van der Waals surface area contributed by atoms with E-state index < -0.39 is 0 Å². The van der Waals surface area contributed by atoms with Crippen LogP contribution in [0.1, 0.15) is 31.6 Å². The van der Waals surface area contributed by atoms with Crippen molar-refractivity contribution >= 4 is 28.2 Å². The number of hydrogen-bond donors (Lipinski definition) is 1. The molecule has 1 N–H and O–H groups in total. The third kappa shape index (κ3) is 5.16. The van der Waals surface area contributed by atoms with E-state index in [9.17, 15) is 0 Å². The molecule has 1 aromatic rings. The molecule has 0 radical (unpaired) electrons. The molecule has 1 unspecified atom stereocenters. The van der Waals surface area contributed by atoms with Crippen molar-refractivity contribution in [1.29, 1.82) is 0 Å². The maximum Gasteiger partial charge on any atom is 0.182 e. The second-order valence-corrected chi connectivity index (χ2v) is 6.52. The van der Waals surface area contributed by atoms with Crippen molar-refractivity contribution in [3.8, 4) is 0 Å². The van der Waals surface area contributed by atoms with Crippen molar-refractivity contribution in [3.63, 3.8) is 0 Å². The lowest BCUT2D eigenvalue weighted by atomic mass is 10.2. The fraction of sp³-hybridized carbons (Fsp3) is 0.769. The van der Waals surface area contributed by atoms with Crippen LogP contribution in [0.4, 0.5) is 5.13 Å². The highest BCUT2D eigenvalue weighted by molar-refractivity contribution is 7.98. The van der Waals surface area contributed by atoms with Crippen LogP contribution in [0.15, 0.2) is 6.20 Å². The number of nitrogens with zero attached hydrogens (tertiary/aromatic N) is 2. The topological polar surface area (TPSA) is 28.2 Å². The predicted molar refractivity (Wildman–Crippen MR) is 84.8 cm³/mol. The maximum atomic E-state index is 4.41. The van der Waals surface area contributed by atoms with Crippen LogP contribution >= 0.6 is 23.1 Å². The van der Waals surface area contributed by atoms with E-state index in [1.165, 1.54) is 17.1 Å². The Kier molecular flexibility index (Phi) is 7.70. The number of hydrogen-bond acceptors (Lipinski definition) is 5. The molecule has 1 heterocycles. The molecule has 0 amide bonds. The third-order valence-corrected chi connectivity index (χ3v) is 4.60. The number of aromatic nitrogens is 1. The molecule has 3 nitrogen and oxygen atoms in total. The zero-order valence-electron chi connectivity index (χ0n) is 11.9. The summed E-state index contributed by atoms with van der Waals surface area (Å²) in [6.07, 6.45) is 6.53. The highest BCUT2D eigenvalue weighted by atomic mass is 32.2. The first kappa shape index (κ1) is 15.8. The van der Waals surface area contributed by atoms with Gasteiger partial charge in [0, 0.05) is 36.0 Å². The van der Waals surface area contributed by atoms with Crippen LogP contribution in [0, 0.1) is 0 Å². The lowest BCUT2D eigenvalue weighted by molar-refractivity contribution is 0.250. The van der Waals surface area contributed by atoms with Gasteiger partial charge in [0.05, 0.1) is 0 Å². The number of thioether (sulfide) groups is 1. The van der Waals surface area contributed by atoms with Crippen molar-refractivity contribution < 1.29 is 0 Å². The molecule has 0 saturated carbocycles. The number of rotatable bonds is 9. The molecule has 1 rings (SSSR count). The summed E-state index contributed by atoms with van der Waals surface area (Å²) in [5.41, 5.74) is 0. The van der Waals surface area contributed by atoms with E-state index in [-0.39, 0.29) is 0 Å². The van der Waals surface area contributed by atoms with E-state index in [1.54, 1.807) is 11.3 Å². The molecule has 1 atom stereocenters. The van der Waals surface area contributed by atoms with Gasteiger partial charge in [-0.2, -0.15) is 11.8 Å². The smallest absolute Gasteiger partial charge is 0.182 e. The van der Waals surface area contributed by atoms with E-state index in [2.05, 4.69) is 42.4 Å². The first-order valence-electron chi connectivity index (χ1n) is 6.59. The van der Waals surface area contributed by atoms with Gasteiger partial charge in [0.25, 0.3) is 0 Å². The third-order valence-electron chi connectivity index (χ3n) is 2.94. The molecule has 0 aliphatic carbocycles. The molecule has 0 aliphatic heterocycles. The number of anilines is 1. The molecule has 104 valence electrons. The second-order valence-electron chi connectivity index (χ2n) is 4.49. The summed E-state index contributed by atoms with van der Waals surface area (Å²) in [4.78, 5) is 8.19. The van der Waals surface area contributed by atoms with E-state index in [4.69, 9.17) is 0 Å². The lowest BCUT2D eigenvalue weighted by Crippen LogP contribution is -2.32. The van der Waals surface area contributed by atoms with E-state index in [0.29, 0.717) is 6.04 Å². The summed E-state index contributed by atoms with van der Waals surface area (Å²) < 4.78 is 0. The first-order valence-corrected chi connectivity index (χ1v) is 8.80. The van der Waals surface area contributed by atoms with Crippen LogP contribution < -0.4 is 5.32 Å². The van der Waals surface area contributed by atoms with Crippen molar-refractivity contribution in [1.82, 2.24) is 9.88 Å². The van der Waals surface area contributed by atoms with Crippen LogP contribution in [-0.4, -0.2) is 41.5 Å². The Labute approximate surface area is 119 Å². The zero-order valence-corrected chi connectivity index (χ0v) is 13.5. The quantitative estimate of drug-likeness (QED) is 0.752. The molecule has 0 saturated heterocycles. The van der Waals surface area contributed by atoms with E-state index >= 15 is 0 Å². The van der Waals surface area contributed by atoms with E-state index in [1.807, 2.05) is 18.0 Å². The van der Waals surface area contributed by atoms with Gasteiger partial charge in [-0.1, -0.05) is 13.8 Å². The minimum absolute atomic E-state index is 0.661. The van der Waals surface area contributed by atoms with Gasteiger partial charge >= 0.3 is 0 Å². The molecule has 0 fully saturated rings. The highest BCUT2D eigenvalue weighted by Gasteiger charge is 2.13. The molecular formula is C13H25N3S2. The molecule has 5 heteroatoms. The number of thiazole rings is 1. The largest absolute Gasteiger partial charge is 0.362 e. The molecule has 0 spiro atoms. The summed E-state index contributed by atoms with van der Waals surface area (Å²) in [5.74, 6) is 1.20. The van der Waals surface area contributed by atoms with Crippen molar-refractivity contribution in [2.75, 3.05) is 30.9 Å². The molecular weight excluding hydrogens is 262 g/mol. The number of nitrogens with one attached hydrogen (secondary N) is 1. The standard InChI is InChI=1S/C13H25N3S2/c1-5-7-14-13-15-8-12(18-13)9-16(3)11(6-2)10-17-4/h8,11H,5-7,9-10H2,1-4H3,(H,14,15). The van der Waals surface area contributed by atoms with Crippen LogP contribution in [0.5, 0.6) is 0 Å². The van der Waals surface area contributed by atoms with Crippen molar-refractivity contribution in [2.45, 2.75) is 39.3 Å². The van der Waals surface area contributed by atoms with Gasteiger partial charge in [-0.05, 0) is 26.1 Å². The van der Waals surface area contributed by atoms with Crippen molar-refractivity contribution in [3.05, 3.63) is 11.1 Å². The molecule has 0 bridgehead atoms. The van der Waals surface area contributed by atoms with Crippen LogP contribution in [0.25, 0.3) is 0 Å². The van der Waals surface area contributed by atoms with Crippen molar-refractivity contribution in [2.24, 2.45) is 0 Å². The van der Waals surface area contributed by atoms with Crippen LogP contribution in [0.3, 0.4) is 0 Å². The van der Waals surface area contributed by atoms with Gasteiger partial charge in [0.2, 0.25) is 0 Å². The van der Waals surface area contributed by atoms with Gasteiger partial charge in [-0.25, -0.2) is 4.98 Å². The van der Waals surface area contributed by atoms with Crippen LogP contribution in [-0.2, 0) is 6.54 Å². The fourth-order valence-corrected chi connectivity index (χ4v) is 3.59. The summed E-state index contributed by atoms with van der Waals surface area (Å²) >= 11 is 3.70. The predicted octanol–water partition coefficient (Wildman–Crippen LogP) is 3.54. The van der Waals surface area contributed by atoms with Crippen LogP contribution in [0.2, 0.25) is 0 Å². The Hall–Kier alpha value is -0.260.